The number of H-pyrrole nitrogens is 1. The first-order valence-corrected chi connectivity index (χ1v) is 8.44. The van der Waals surface area contributed by atoms with Gasteiger partial charge in [0.25, 0.3) is 0 Å². The summed E-state index contributed by atoms with van der Waals surface area (Å²) in [7, 11) is 0. The van der Waals surface area contributed by atoms with E-state index in [0.717, 1.165) is 25.1 Å². The molecule has 1 amide bonds. The number of carbonyl (C=O) groups excluding carboxylic acids is 1. The SMILES string of the molecule is C[C@H]1CCCN(C(=O)CSc2n[nH]c(-c3ccncc3)n2)C1. The number of pyridine rings is 1. The van der Waals surface area contributed by atoms with Crippen molar-refractivity contribution in [3.05, 3.63) is 24.5 Å². The third kappa shape index (κ3) is 3.65. The van der Waals surface area contributed by atoms with E-state index in [2.05, 4.69) is 27.1 Å². The van der Waals surface area contributed by atoms with Crippen molar-refractivity contribution in [2.24, 2.45) is 5.92 Å². The van der Waals surface area contributed by atoms with E-state index < -0.39 is 0 Å². The van der Waals surface area contributed by atoms with E-state index in [0.29, 0.717) is 22.7 Å². The lowest BCUT2D eigenvalue weighted by molar-refractivity contribution is -0.130. The first-order valence-electron chi connectivity index (χ1n) is 7.46. The molecule has 3 heterocycles. The molecule has 1 saturated heterocycles. The van der Waals surface area contributed by atoms with Crippen LogP contribution in [0.2, 0.25) is 0 Å². The summed E-state index contributed by atoms with van der Waals surface area (Å²) in [6.07, 6.45) is 5.75. The summed E-state index contributed by atoms with van der Waals surface area (Å²) in [5.41, 5.74) is 0.936. The molecule has 6 nitrogen and oxygen atoms in total. The van der Waals surface area contributed by atoms with Crippen LogP contribution in [0, 0.1) is 5.92 Å². The fourth-order valence-electron chi connectivity index (χ4n) is 2.58. The predicted molar refractivity (Wildman–Crippen MR) is 85.3 cm³/mol. The smallest absolute Gasteiger partial charge is 0.233 e. The molecule has 0 spiro atoms. The van der Waals surface area contributed by atoms with Crippen molar-refractivity contribution >= 4 is 17.7 Å². The minimum absolute atomic E-state index is 0.173. The van der Waals surface area contributed by atoms with Gasteiger partial charge in [0.15, 0.2) is 5.82 Å². The number of carbonyl (C=O) groups is 1. The molecule has 0 aliphatic carbocycles. The van der Waals surface area contributed by atoms with Crippen molar-refractivity contribution in [2.45, 2.75) is 24.9 Å². The van der Waals surface area contributed by atoms with Gasteiger partial charge in [0.1, 0.15) is 0 Å². The maximum absolute atomic E-state index is 12.2. The molecular formula is C15H19N5OS. The molecule has 22 heavy (non-hydrogen) atoms. The summed E-state index contributed by atoms with van der Waals surface area (Å²) in [5.74, 6) is 1.86. The minimum atomic E-state index is 0.173. The molecule has 1 fully saturated rings. The maximum atomic E-state index is 12.2. The van der Waals surface area contributed by atoms with Crippen molar-refractivity contribution in [1.29, 1.82) is 0 Å². The van der Waals surface area contributed by atoms with E-state index in [1.165, 1.54) is 18.2 Å². The Morgan fingerprint density at radius 2 is 2.27 bits per heavy atom. The summed E-state index contributed by atoms with van der Waals surface area (Å²) < 4.78 is 0. The minimum Gasteiger partial charge on any atom is -0.342 e. The number of hydrogen-bond acceptors (Lipinski definition) is 5. The van der Waals surface area contributed by atoms with Crippen LogP contribution in [0.3, 0.4) is 0 Å². The van der Waals surface area contributed by atoms with Gasteiger partial charge in [-0.05, 0) is 30.9 Å². The molecule has 0 radical (unpaired) electrons. The van der Waals surface area contributed by atoms with Crippen LogP contribution in [0.25, 0.3) is 11.4 Å². The Hall–Kier alpha value is -1.89. The lowest BCUT2D eigenvalue weighted by Gasteiger charge is -2.30. The molecule has 1 N–H and O–H groups in total. The number of piperidine rings is 1. The second-order valence-electron chi connectivity index (χ2n) is 5.58. The topological polar surface area (TPSA) is 74.8 Å². The van der Waals surface area contributed by atoms with Gasteiger partial charge < -0.3 is 4.90 Å². The van der Waals surface area contributed by atoms with Crippen molar-refractivity contribution in [3.63, 3.8) is 0 Å². The van der Waals surface area contributed by atoms with Gasteiger partial charge in [-0.3, -0.25) is 14.9 Å². The zero-order valence-electron chi connectivity index (χ0n) is 12.5. The molecular weight excluding hydrogens is 298 g/mol. The molecule has 1 aliphatic rings. The number of aromatic nitrogens is 4. The largest absolute Gasteiger partial charge is 0.342 e. The summed E-state index contributed by atoms with van der Waals surface area (Å²) in [6, 6.07) is 3.74. The summed E-state index contributed by atoms with van der Waals surface area (Å²) in [4.78, 5) is 22.6. The average Bonchev–Trinajstić information content (AvgIpc) is 3.02. The Labute approximate surface area is 133 Å². The molecule has 0 saturated carbocycles. The molecule has 0 bridgehead atoms. The monoisotopic (exact) mass is 317 g/mol. The standard InChI is InChI=1S/C15H19N5OS/c1-11-3-2-8-20(9-11)13(21)10-22-15-17-14(18-19-15)12-4-6-16-7-5-12/h4-7,11H,2-3,8-10H2,1H3,(H,17,18,19)/t11-/m0/s1. The third-order valence-corrected chi connectivity index (χ3v) is 4.59. The number of amides is 1. The van der Waals surface area contributed by atoms with Gasteiger partial charge in [0.2, 0.25) is 11.1 Å². The molecule has 116 valence electrons. The van der Waals surface area contributed by atoms with Crippen LogP contribution in [0.15, 0.2) is 29.7 Å². The van der Waals surface area contributed by atoms with E-state index in [-0.39, 0.29) is 5.91 Å². The number of nitrogens with one attached hydrogen (secondary N) is 1. The lowest BCUT2D eigenvalue weighted by Crippen LogP contribution is -2.40. The second-order valence-corrected chi connectivity index (χ2v) is 6.52. The number of thioether (sulfide) groups is 1. The zero-order chi connectivity index (χ0) is 15.4. The highest BCUT2D eigenvalue weighted by molar-refractivity contribution is 7.99. The number of rotatable bonds is 4. The number of aromatic amines is 1. The molecule has 7 heteroatoms. The Bertz CT molecular complexity index is 630. The molecule has 1 atom stereocenters. The number of likely N-dealkylation sites (tertiary alicyclic amines) is 1. The maximum Gasteiger partial charge on any atom is 0.233 e. The first kappa shape index (κ1) is 15.0. The molecule has 2 aromatic rings. The van der Waals surface area contributed by atoms with Crippen molar-refractivity contribution in [3.8, 4) is 11.4 Å². The third-order valence-electron chi connectivity index (χ3n) is 3.75. The van der Waals surface area contributed by atoms with E-state index in [4.69, 9.17) is 0 Å². The van der Waals surface area contributed by atoms with Gasteiger partial charge in [-0.15, -0.1) is 5.10 Å². The van der Waals surface area contributed by atoms with Crippen LogP contribution < -0.4 is 0 Å². The van der Waals surface area contributed by atoms with Crippen molar-refractivity contribution in [2.75, 3.05) is 18.8 Å². The molecule has 0 aromatic carbocycles. The van der Waals surface area contributed by atoms with Gasteiger partial charge in [-0.1, -0.05) is 18.7 Å². The second kappa shape index (κ2) is 6.91. The summed E-state index contributed by atoms with van der Waals surface area (Å²) >= 11 is 1.38. The lowest BCUT2D eigenvalue weighted by atomic mass is 10.0. The van der Waals surface area contributed by atoms with Crippen molar-refractivity contribution in [1.82, 2.24) is 25.1 Å². The Morgan fingerprint density at radius 3 is 3.05 bits per heavy atom. The van der Waals surface area contributed by atoms with Crippen LogP contribution in [-0.2, 0) is 4.79 Å². The predicted octanol–water partition coefficient (Wildman–Crippen LogP) is 2.22. The van der Waals surface area contributed by atoms with Crippen LogP contribution in [-0.4, -0.2) is 49.8 Å². The number of hydrogen-bond donors (Lipinski definition) is 1. The van der Waals surface area contributed by atoms with Gasteiger partial charge >= 0.3 is 0 Å². The molecule has 2 aromatic heterocycles. The van der Waals surface area contributed by atoms with E-state index in [9.17, 15) is 4.79 Å². The normalized spacial score (nSPS) is 18.4. The first-order chi connectivity index (χ1) is 10.7. The highest BCUT2D eigenvalue weighted by atomic mass is 32.2. The number of nitrogens with zero attached hydrogens (tertiary/aromatic N) is 4. The van der Waals surface area contributed by atoms with Crippen LogP contribution in [0.4, 0.5) is 0 Å². The molecule has 1 aliphatic heterocycles. The highest BCUT2D eigenvalue weighted by Gasteiger charge is 2.21. The van der Waals surface area contributed by atoms with E-state index >= 15 is 0 Å². The van der Waals surface area contributed by atoms with Crippen LogP contribution in [0.1, 0.15) is 19.8 Å². The van der Waals surface area contributed by atoms with Crippen molar-refractivity contribution < 1.29 is 4.79 Å². The Morgan fingerprint density at radius 1 is 1.45 bits per heavy atom. The van der Waals surface area contributed by atoms with Gasteiger partial charge in [-0.2, -0.15) is 0 Å². The highest BCUT2D eigenvalue weighted by Crippen LogP contribution is 2.20. The van der Waals surface area contributed by atoms with Crippen LogP contribution >= 0.6 is 11.8 Å². The zero-order valence-corrected chi connectivity index (χ0v) is 13.3. The fraction of sp³-hybridized carbons (Fsp3) is 0.467. The quantitative estimate of drug-likeness (QED) is 0.875. The fourth-order valence-corrected chi connectivity index (χ4v) is 3.28. The Kier molecular flexibility index (Phi) is 4.72. The van der Waals surface area contributed by atoms with Gasteiger partial charge in [-0.25, -0.2) is 4.98 Å². The van der Waals surface area contributed by atoms with E-state index in [1.54, 1.807) is 12.4 Å². The molecule has 3 rings (SSSR count). The molecule has 0 unspecified atom stereocenters. The van der Waals surface area contributed by atoms with Gasteiger partial charge in [0.05, 0.1) is 5.75 Å². The van der Waals surface area contributed by atoms with Crippen LogP contribution in [0.5, 0.6) is 0 Å². The van der Waals surface area contributed by atoms with Gasteiger partial charge in [0, 0.05) is 31.0 Å². The summed E-state index contributed by atoms with van der Waals surface area (Å²) in [5, 5.41) is 7.66. The average molecular weight is 317 g/mol. The summed E-state index contributed by atoms with van der Waals surface area (Å²) in [6.45, 7) is 3.94. The van der Waals surface area contributed by atoms with E-state index in [1.807, 2.05) is 17.0 Å². The Balaban J connectivity index is 1.56.